The molecule has 0 aliphatic carbocycles. The number of halogens is 2. The maximum absolute atomic E-state index is 13.2. The molecule has 3 nitrogen and oxygen atoms in total. The van der Waals surface area contributed by atoms with Crippen LogP contribution in [-0.4, -0.2) is 22.8 Å². The maximum Gasteiger partial charge on any atom is 0.138 e. The second-order valence-electron chi connectivity index (χ2n) is 3.41. The van der Waals surface area contributed by atoms with Crippen molar-refractivity contribution in [3.63, 3.8) is 0 Å². The monoisotopic (exact) mass is 356 g/mol. The highest BCUT2D eigenvalue weighted by Gasteiger charge is 2.05. The smallest absolute Gasteiger partial charge is 0.138 e. The fourth-order valence-electron chi connectivity index (χ4n) is 1.21. The molecule has 0 aromatic heterocycles. The van der Waals surface area contributed by atoms with Crippen molar-refractivity contribution < 1.29 is 8.60 Å². The number of nitrogens with one attached hydrogen (secondary N) is 1. The van der Waals surface area contributed by atoms with E-state index in [9.17, 15) is 8.60 Å². The number of rotatable bonds is 5. The van der Waals surface area contributed by atoms with Crippen LogP contribution in [0.4, 0.5) is 15.8 Å². The lowest BCUT2D eigenvalue weighted by Gasteiger charge is -2.09. The fourth-order valence-corrected chi connectivity index (χ4v) is 2.26. The Morgan fingerprint density at radius 1 is 1.56 bits per heavy atom. The van der Waals surface area contributed by atoms with Crippen LogP contribution in [0.2, 0.25) is 0 Å². The van der Waals surface area contributed by atoms with Crippen molar-refractivity contribution in [3.05, 3.63) is 21.5 Å². The van der Waals surface area contributed by atoms with Crippen LogP contribution in [0, 0.1) is 9.39 Å². The molecule has 1 aromatic carbocycles. The molecule has 0 fully saturated rings. The van der Waals surface area contributed by atoms with Gasteiger partial charge >= 0.3 is 0 Å². The lowest BCUT2D eigenvalue weighted by molar-refractivity contribution is 0.621. The average Bonchev–Trinajstić information content (AvgIpc) is 2.19. The highest BCUT2D eigenvalue weighted by Crippen LogP contribution is 2.23. The molecular formula is C10H14FIN2OS. The number of benzene rings is 1. The van der Waals surface area contributed by atoms with Crippen molar-refractivity contribution in [2.75, 3.05) is 29.6 Å². The van der Waals surface area contributed by atoms with Gasteiger partial charge in [-0.3, -0.25) is 4.21 Å². The molecule has 1 aromatic rings. The summed E-state index contributed by atoms with van der Waals surface area (Å²) in [6, 6.07) is 2.98. The van der Waals surface area contributed by atoms with Gasteiger partial charge in [-0.05, 0) is 35.1 Å². The third-order valence-electron chi connectivity index (χ3n) is 2.02. The molecule has 0 bridgehead atoms. The quantitative estimate of drug-likeness (QED) is 0.483. The van der Waals surface area contributed by atoms with Gasteiger partial charge in [0, 0.05) is 35.4 Å². The van der Waals surface area contributed by atoms with Gasteiger partial charge in [0.2, 0.25) is 0 Å². The summed E-state index contributed by atoms with van der Waals surface area (Å²) in [5.41, 5.74) is 6.87. The highest BCUT2D eigenvalue weighted by molar-refractivity contribution is 14.1. The summed E-state index contributed by atoms with van der Waals surface area (Å²) in [4.78, 5) is 0. The Kier molecular flexibility index (Phi) is 5.47. The lowest BCUT2D eigenvalue weighted by atomic mass is 10.2. The largest absolute Gasteiger partial charge is 0.397 e. The average molecular weight is 356 g/mol. The van der Waals surface area contributed by atoms with Crippen LogP contribution in [0.5, 0.6) is 0 Å². The van der Waals surface area contributed by atoms with E-state index in [0.717, 1.165) is 6.42 Å². The molecule has 1 unspecified atom stereocenters. The predicted octanol–water partition coefficient (Wildman–Crippen LogP) is 2.19. The van der Waals surface area contributed by atoms with Crippen LogP contribution < -0.4 is 11.1 Å². The van der Waals surface area contributed by atoms with Crippen LogP contribution in [0.3, 0.4) is 0 Å². The standard InChI is InChI=1S/C10H14FIN2OS/c1-16(15)4-2-3-14-10-5-7(11)8(12)6-9(10)13/h5-6,14H,2-4,13H2,1H3. The molecule has 0 aliphatic heterocycles. The van der Waals surface area contributed by atoms with Gasteiger partial charge in [0.1, 0.15) is 5.82 Å². The SMILES string of the molecule is CS(=O)CCCNc1cc(F)c(I)cc1N. The second kappa shape index (κ2) is 6.39. The highest BCUT2D eigenvalue weighted by atomic mass is 127. The first-order chi connectivity index (χ1) is 7.50. The van der Waals surface area contributed by atoms with E-state index in [1.165, 1.54) is 6.07 Å². The van der Waals surface area contributed by atoms with Crippen molar-refractivity contribution in [2.45, 2.75) is 6.42 Å². The van der Waals surface area contributed by atoms with Crippen molar-refractivity contribution in [1.29, 1.82) is 0 Å². The molecule has 0 saturated heterocycles. The lowest BCUT2D eigenvalue weighted by Crippen LogP contribution is -2.08. The molecule has 6 heteroatoms. The van der Waals surface area contributed by atoms with Crippen LogP contribution in [0.15, 0.2) is 12.1 Å². The number of anilines is 2. The Balaban J connectivity index is 2.54. The van der Waals surface area contributed by atoms with Crippen LogP contribution in [0.25, 0.3) is 0 Å². The first-order valence-electron chi connectivity index (χ1n) is 4.79. The third kappa shape index (κ3) is 4.25. The van der Waals surface area contributed by atoms with Crippen LogP contribution in [-0.2, 0) is 10.8 Å². The molecule has 16 heavy (non-hydrogen) atoms. The topological polar surface area (TPSA) is 55.1 Å². The van der Waals surface area contributed by atoms with Gasteiger partial charge in [0.25, 0.3) is 0 Å². The van der Waals surface area contributed by atoms with Gasteiger partial charge < -0.3 is 11.1 Å². The van der Waals surface area contributed by atoms with E-state index in [2.05, 4.69) is 5.32 Å². The normalized spacial score (nSPS) is 12.4. The minimum Gasteiger partial charge on any atom is -0.397 e. The third-order valence-corrected chi connectivity index (χ3v) is 3.71. The molecule has 3 N–H and O–H groups in total. The first kappa shape index (κ1) is 13.7. The zero-order valence-electron chi connectivity index (χ0n) is 8.93. The Morgan fingerprint density at radius 3 is 2.88 bits per heavy atom. The van der Waals surface area contributed by atoms with Gasteiger partial charge in [-0.1, -0.05) is 0 Å². The van der Waals surface area contributed by atoms with Crippen LogP contribution in [0.1, 0.15) is 6.42 Å². The number of hydrogen-bond acceptors (Lipinski definition) is 3. The number of nitrogens with two attached hydrogens (primary N) is 1. The van der Waals surface area contributed by atoms with E-state index in [0.29, 0.717) is 27.2 Å². The second-order valence-corrected chi connectivity index (χ2v) is 6.13. The van der Waals surface area contributed by atoms with E-state index in [-0.39, 0.29) is 5.82 Å². The summed E-state index contributed by atoms with van der Waals surface area (Å²) in [7, 11) is -0.783. The molecule has 0 amide bonds. The minimum atomic E-state index is -0.783. The Labute approximate surface area is 111 Å². The zero-order chi connectivity index (χ0) is 12.1. The molecule has 0 radical (unpaired) electrons. The number of hydrogen-bond donors (Lipinski definition) is 2. The minimum absolute atomic E-state index is 0.281. The van der Waals surface area contributed by atoms with Crippen molar-refractivity contribution in [1.82, 2.24) is 0 Å². The van der Waals surface area contributed by atoms with Gasteiger partial charge in [-0.2, -0.15) is 0 Å². The summed E-state index contributed by atoms with van der Waals surface area (Å²) >= 11 is 1.90. The Morgan fingerprint density at radius 2 is 2.25 bits per heavy atom. The van der Waals surface area contributed by atoms with E-state index >= 15 is 0 Å². The summed E-state index contributed by atoms with van der Waals surface area (Å²) in [6.45, 7) is 0.643. The molecule has 90 valence electrons. The van der Waals surface area contributed by atoms with Gasteiger partial charge in [0.05, 0.1) is 14.9 Å². The van der Waals surface area contributed by atoms with Crippen molar-refractivity contribution >= 4 is 44.8 Å². The number of nitrogen functional groups attached to an aromatic ring is 1. The van der Waals surface area contributed by atoms with Crippen molar-refractivity contribution in [2.24, 2.45) is 0 Å². The van der Waals surface area contributed by atoms with Crippen molar-refractivity contribution in [3.8, 4) is 0 Å². The van der Waals surface area contributed by atoms with Gasteiger partial charge in [-0.15, -0.1) is 0 Å². The molecule has 0 saturated carbocycles. The summed E-state index contributed by atoms with van der Waals surface area (Å²) in [6.07, 6.45) is 2.44. The zero-order valence-corrected chi connectivity index (χ0v) is 11.9. The predicted molar refractivity (Wildman–Crippen MR) is 75.6 cm³/mol. The van der Waals surface area contributed by atoms with E-state index in [1.54, 1.807) is 12.3 Å². The van der Waals surface area contributed by atoms with E-state index in [4.69, 9.17) is 5.73 Å². The molecule has 0 aliphatic rings. The Bertz CT molecular complexity index is 401. The Hall–Kier alpha value is -0.370. The van der Waals surface area contributed by atoms with Gasteiger partial charge in [0.15, 0.2) is 0 Å². The molecular weight excluding hydrogens is 342 g/mol. The molecule has 1 rings (SSSR count). The molecule has 0 spiro atoms. The summed E-state index contributed by atoms with van der Waals surface area (Å²) in [5.74, 6) is 0.358. The molecule has 1 atom stereocenters. The fraction of sp³-hybridized carbons (Fsp3) is 0.400. The first-order valence-corrected chi connectivity index (χ1v) is 7.59. The van der Waals surface area contributed by atoms with Crippen LogP contribution >= 0.6 is 22.6 Å². The summed E-state index contributed by atoms with van der Waals surface area (Å²) in [5, 5.41) is 3.03. The maximum atomic E-state index is 13.2. The molecule has 0 heterocycles. The summed E-state index contributed by atoms with van der Waals surface area (Å²) < 4.78 is 24.6. The van der Waals surface area contributed by atoms with E-state index < -0.39 is 10.8 Å². The van der Waals surface area contributed by atoms with Gasteiger partial charge in [-0.25, -0.2) is 4.39 Å². The van der Waals surface area contributed by atoms with E-state index in [1.807, 2.05) is 22.6 Å².